The summed E-state index contributed by atoms with van der Waals surface area (Å²) in [5.74, 6) is -3.14. The Morgan fingerprint density at radius 3 is 2.59 bits per heavy atom. The highest BCUT2D eigenvalue weighted by Gasteiger charge is 2.43. The summed E-state index contributed by atoms with van der Waals surface area (Å²) in [4.78, 5) is 11.8. The topological polar surface area (TPSA) is 41.6 Å². The normalized spacial score (nSPS) is 20.1. The first-order chi connectivity index (χ1) is 10.4. The number of nitrogens with one attached hydrogen (secondary N) is 1. The molecule has 2 atom stereocenters. The summed E-state index contributed by atoms with van der Waals surface area (Å²) < 4.78 is 33.5. The minimum Gasteiger partial charge on any atom is -0.446 e. The van der Waals surface area contributed by atoms with Crippen LogP contribution in [0.3, 0.4) is 0 Å². The van der Waals surface area contributed by atoms with E-state index in [4.69, 9.17) is 4.74 Å². The van der Waals surface area contributed by atoms with Crippen molar-refractivity contribution in [3.8, 4) is 0 Å². The van der Waals surface area contributed by atoms with E-state index >= 15 is 0 Å². The lowest BCUT2D eigenvalue weighted by molar-refractivity contribution is -0.0188. The van der Waals surface area contributed by atoms with E-state index in [0.717, 1.165) is 0 Å². The highest BCUT2D eigenvalue weighted by atomic mass is 19.3. The monoisotopic (exact) mass is 310 g/mol. The number of hydrogen-bond acceptors (Lipinski definition) is 3. The molecule has 1 fully saturated rings. The van der Waals surface area contributed by atoms with Crippen LogP contribution in [0.1, 0.15) is 25.5 Å². The molecule has 1 aliphatic rings. The Kier molecular flexibility index (Phi) is 4.81. The molecule has 1 heterocycles. The highest BCUT2D eigenvalue weighted by Crippen LogP contribution is 2.33. The molecule has 2 rings (SSSR count). The van der Waals surface area contributed by atoms with Gasteiger partial charge in [-0.1, -0.05) is 50.8 Å². The van der Waals surface area contributed by atoms with Gasteiger partial charge >= 0.3 is 6.09 Å². The molecule has 1 aliphatic heterocycles. The van der Waals surface area contributed by atoms with E-state index in [1.807, 2.05) is 13.8 Å². The van der Waals surface area contributed by atoms with Crippen molar-refractivity contribution in [3.05, 3.63) is 48.6 Å². The largest absolute Gasteiger partial charge is 0.446 e. The number of alkyl halides is 2. The molecule has 4 nitrogen and oxygen atoms in total. The van der Waals surface area contributed by atoms with Crippen LogP contribution in [0.5, 0.6) is 0 Å². The number of hydrogen-bond donors (Lipinski definition) is 1. The van der Waals surface area contributed by atoms with E-state index in [9.17, 15) is 13.6 Å². The van der Waals surface area contributed by atoms with Crippen molar-refractivity contribution in [1.82, 2.24) is 10.4 Å². The van der Waals surface area contributed by atoms with Gasteiger partial charge in [0, 0.05) is 0 Å². The molecule has 1 aromatic rings. The van der Waals surface area contributed by atoms with Gasteiger partial charge in [0.1, 0.15) is 12.6 Å². The van der Waals surface area contributed by atoms with Crippen LogP contribution in [-0.4, -0.2) is 29.7 Å². The fraction of sp³-hybridized carbons (Fsp3) is 0.438. The number of halogens is 2. The van der Waals surface area contributed by atoms with Crippen molar-refractivity contribution in [2.45, 2.75) is 31.9 Å². The lowest BCUT2D eigenvalue weighted by Crippen LogP contribution is -2.52. The van der Waals surface area contributed by atoms with Gasteiger partial charge in [-0.3, -0.25) is 0 Å². The summed E-state index contributed by atoms with van der Waals surface area (Å²) >= 11 is 0. The molecular formula is C16H20F2N2O2. The number of benzene rings is 1. The molecule has 1 aromatic carbocycles. The molecule has 6 heteroatoms. The van der Waals surface area contributed by atoms with Crippen LogP contribution < -0.4 is 5.43 Å². The van der Waals surface area contributed by atoms with Gasteiger partial charge in [-0.05, 0) is 17.6 Å². The molecule has 0 bridgehead atoms. The summed E-state index contributed by atoms with van der Waals surface area (Å²) in [6.45, 7) is 7.20. The van der Waals surface area contributed by atoms with E-state index in [-0.39, 0.29) is 18.6 Å². The minimum absolute atomic E-state index is 0.0766. The van der Waals surface area contributed by atoms with E-state index < -0.39 is 18.1 Å². The van der Waals surface area contributed by atoms with E-state index in [2.05, 4.69) is 12.0 Å². The highest BCUT2D eigenvalue weighted by molar-refractivity contribution is 5.69. The molecule has 120 valence electrons. The van der Waals surface area contributed by atoms with Crippen LogP contribution >= 0.6 is 0 Å². The number of rotatable bonds is 6. The van der Waals surface area contributed by atoms with E-state index in [1.54, 1.807) is 30.3 Å². The van der Waals surface area contributed by atoms with Crippen molar-refractivity contribution in [3.63, 3.8) is 0 Å². The number of ether oxygens (including phenoxy) is 1. The lowest BCUT2D eigenvalue weighted by atomic mass is 10.0. The van der Waals surface area contributed by atoms with Crippen molar-refractivity contribution in [2.75, 3.05) is 6.61 Å². The quantitative estimate of drug-likeness (QED) is 0.817. The summed E-state index contributed by atoms with van der Waals surface area (Å²) in [5, 5.41) is 1.17. The molecular weight excluding hydrogens is 290 g/mol. The number of nitrogens with zero attached hydrogens (tertiary/aromatic N) is 1. The zero-order valence-corrected chi connectivity index (χ0v) is 12.6. The van der Waals surface area contributed by atoms with E-state index in [0.29, 0.717) is 11.6 Å². The van der Waals surface area contributed by atoms with Gasteiger partial charge in [-0.25, -0.2) is 15.2 Å². The molecule has 0 saturated carbocycles. The summed E-state index contributed by atoms with van der Waals surface area (Å²) in [7, 11) is 0. The Morgan fingerprint density at radius 1 is 1.41 bits per heavy atom. The van der Waals surface area contributed by atoms with Gasteiger partial charge in [-0.15, -0.1) is 0 Å². The van der Waals surface area contributed by atoms with Crippen molar-refractivity contribution in [2.24, 2.45) is 5.92 Å². The van der Waals surface area contributed by atoms with Crippen LogP contribution in [0.25, 0.3) is 0 Å². The molecule has 0 unspecified atom stereocenters. The van der Waals surface area contributed by atoms with Gasteiger partial charge in [0.05, 0.1) is 6.04 Å². The molecule has 0 aromatic heterocycles. The van der Waals surface area contributed by atoms with Crippen LogP contribution in [0.15, 0.2) is 43.0 Å². The third-order valence-electron chi connectivity index (χ3n) is 3.73. The van der Waals surface area contributed by atoms with Gasteiger partial charge in [0.25, 0.3) is 5.92 Å². The van der Waals surface area contributed by atoms with Crippen molar-refractivity contribution >= 4 is 6.09 Å². The third kappa shape index (κ3) is 3.27. The lowest BCUT2D eigenvalue weighted by Gasteiger charge is -2.33. The minimum atomic E-state index is -3.22. The fourth-order valence-electron chi connectivity index (χ4n) is 2.36. The van der Waals surface area contributed by atoms with Gasteiger partial charge in [0.15, 0.2) is 0 Å². The van der Waals surface area contributed by atoms with Crippen molar-refractivity contribution in [1.29, 1.82) is 0 Å². The van der Waals surface area contributed by atoms with Crippen molar-refractivity contribution < 1.29 is 18.3 Å². The smallest absolute Gasteiger partial charge is 0.424 e. The Balaban J connectivity index is 2.31. The third-order valence-corrected chi connectivity index (χ3v) is 3.73. The number of hydrazine groups is 1. The second-order valence-electron chi connectivity index (χ2n) is 5.61. The number of carbonyl (C=O) groups is 1. The predicted octanol–water partition coefficient (Wildman–Crippen LogP) is 3.53. The maximum atomic E-state index is 14.3. The van der Waals surface area contributed by atoms with Gasteiger partial charge in [-0.2, -0.15) is 8.78 Å². The first kappa shape index (κ1) is 16.4. The Labute approximate surface area is 128 Å². The maximum Gasteiger partial charge on any atom is 0.424 e. The maximum absolute atomic E-state index is 14.3. The van der Waals surface area contributed by atoms with E-state index in [1.165, 1.54) is 5.01 Å². The second kappa shape index (κ2) is 6.44. The predicted molar refractivity (Wildman–Crippen MR) is 79.3 cm³/mol. The van der Waals surface area contributed by atoms with Crippen LogP contribution in [0, 0.1) is 5.92 Å². The average molecular weight is 310 g/mol. The SMILES string of the molecule is C=CC(F)(F)[C@H](NN1C(=O)OC[C@@H]1C(C)C)c1ccccc1. The summed E-state index contributed by atoms with van der Waals surface area (Å²) in [6.07, 6.45) is -0.0526. The molecule has 1 amide bonds. The molecule has 1 saturated heterocycles. The first-order valence-corrected chi connectivity index (χ1v) is 7.15. The zero-order chi connectivity index (χ0) is 16.3. The number of amides is 1. The molecule has 1 N–H and O–H groups in total. The van der Waals surface area contributed by atoms with Crippen LogP contribution in [0.2, 0.25) is 0 Å². The molecule has 22 heavy (non-hydrogen) atoms. The Morgan fingerprint density at radius 2 is 2.05 bits per heavy atom. The molecule has 0 aliphatic carbocycles. The van der Waals surface area contributed by atoms with Gasteiger partial charge in [0.2, 0.25) is 0 Å². The standard InChI is InChI=1S/C16H20F2N2O2/c1-4-16(17,18)14(12-8-6-5-7-9-12)19-20-13(11(2)3)10-22-15(20)21/h4-9,11,13-14,19H,1,10H2,2-3H3/t13-,14-/m1/s1. The fourth-order valence-corrected chi connectivity index (χ4v) is 2.36. The number of carbonyl (C=O) groups excluding carboxylic acids is 1. The number of cyclic esters (lactones) is 1. The Hall–Kier alpha value is -1.95. The molecule has 0 radical (unpaired) electrons. The summed E-state index contributed by atoms with van der Waals surface area (Å²) in [5.41, 5.74) is 3.01. The average Bonchev–Trinajstić information content (AvgIpc) is 2.86. The van der Waals surface area contributed by atoms with Gasteiger partial charge < -0.3 is 4.74 Å². The van der Waals surface area contributed by atoms with Crippen LogP contribution in [-0.2, 0) is 4.74 Å². The van der Waals surface area contributed by atoms with Crippen LogP contribution in [0.4, 0.5) is 13.6 Å². The first-order valence-electron chi connectivity index (χ1n) is 7.15. The summed E-state index contributed by atoms with van der Waals surface area (Å²) in [6, 6.07) is 6.57. The second-order valence-corrected chi connectivity index (χ2v) is 5.61. The Bertz CT molecular complexity index is 534. The zero-order valence-electron chi connectivity index (χ0n) is 12.6. The molecule has 0 spiro atoms.